The summed E-state index contributed by atoms with van der Waals surface area (Å²) in [5.74, 6) is 2.35. The maximum atomic E-state index is 12.6. The van der Waals surface area contributed by atoms with Crippen LogP contribution >= 0.6 is 0 Å². The highest BCUT2D eigenvalue weighted by atomic mass is 16.5. The molecule has 0 aromatic heterocycles. The fraction of sp³-hybridized carbons (Fsp3) is 0.576. The normalized spacial score (nSPS) is 17.1. The first-order chi connectivity index (χ1) is 18.6. The van der Waals surface area contributed by atoms with Crippen molar-refractivity contribution in [3.05, 3.63) is 59.7 Å². The molecule has 2 aromatic rings. The Balaban J connectivity index is 1.33. The highest BCUT2D eigenvalue weighted by Gasteiger charge is 2.22. The van der Waals surface area contributed by atoms with Gasteiger partial charge in [0.15, 0.2) is 0 Å². The minimum Gasteiger partial charge on any atom is -0.494 e. The van der Waals surface area contributed by atoms with Crippen LogP contribution in [0.4, 0.5) is 0 Å². The van der Waals surface area contributed by atoms with Crippen LogP contribution in [-0.4, -0.2) is 25.2 Å². The third kappa shape index (κ3) is 10.5. The fourth-order valence-corrected chi connectivity index (χ4v) is 5.16. The minimum absolute atomic E-state index is 0.140. The number of hydrogen-bond acceptors (Lipinski definition) is 5. The molecule has 0 radical (unpaired) electrons. The average molecular weight is 523 g/mol. The summed E-state index contributed by atoms with van der Waals surface area (Å²) in [5.41, 5.74) is 1.86. The Kier molecular flexibility index (Phi) is 13.2. The Bertz CT molecular complexity index is 942. The van der Waals surface area contributed by atoms with Gasteiger partial charge in [-0.05, 0) is 105 Å². The minimum atomic E-state index is -0.360. The summed E-state index contributed by atoms with van der Waals surface area (Å²) >= 11 is 0. The molecular formula is C33H46O5. The van der Waals surface area contributed by atoms with Crippen LogP contribution in [0.15, 0.2) is 48.5 Å². The SMILES string of the molecule is CCCCCC1CCC(c2ccc(OC(=O)c3ccc(OCCCCCCOC(=O)CC)cc3)cc2)CC1. The molecule has 3 rings (SSSR count). The second-order valence-corrected chi connectivity index (χ2v) is 10.5. The van der Waals surface area contributed by atoms with Crippen molar-refractivity contribution in [2.45, 2.75) is 103 Å². The third-order valence-electron chi connectivity index (χ3n) is 7.57. The van der Waals surface area contributed by atoms with E-state index in [9.17, 15) is 9.59 Å². The fourth-order valence-electron chi connectivity index (χ4n) is 5.16. The number of esters is 2. The zero-order chi connectivity index (χ0) is 27.0. The molecule has 0 bridgehead atoms. The maximum Gasteiger partial charge on any atom is 0.343 e. The number of rotatable bonds is 16. The van der Waals surface area contributed by atoms with Crippen LogP contribution in [0.25, 0.3) is 0 Å². The summed E-state index contributed by atoms with van der Waals surface area (Å²) in [7, 11) is 0. The van der Waals surface area contributed by atoms with Crippen molar-refractivity contribution >= 4 is 11.9 Å². The molecule has 0 spiro atoms. The third-order valence-corrected chi connectivity index (χ3v) is 7.57. The number of unbranched alkanes of at least 4 members (excludes halogenated alkanes) is 5. The molecule has 1 saturated carbocycles. The molecule has 1 fully saturated rings. The zero-order valence-electron chi connectivity index (χ0n) is 23.4. The van der Waals surface area contributed by atoms with Gasteiger partial charge in [-0.3, -0.25) is 4.79 Å². The highest BCUT2D eigenvalue weighted by molar-refractivity contribution is 5.91. The molecule has 0 aliphatic heterocycles. The number of carbonyl (C=O) groups is 2. The van der Waals surface area contributed by atoms with E-state index in [-0.39, 0.29) is 11.9 Å². The predicted octanol–water partition coefficient (Wildman–Crippen LogP) is 8.65. The predicted molar refractivity (Wildman–Crippen MR) is 152 cm³/mol. The molecule has 38 heavy (non-hydrogen) atoms. The van der Waals surface area contributed by atoms with Gasteiger partial charge >= 0.3 is 11.9 Å². The van der Waals surface area contributed by atoms with Gasteiger partial charge in [0.1, 0.15) is 11.5 Å². The van der Waals surface area contributed by atoms with Gasteiger partial charge in [0, 0.05) is 6.42 Å². The topological polar surface area (TPSA) is 61.8 Å². The molecule has 0 N–H and O–H groups in total. The van der Waals surface area contributed by atoms with Crippen LogP contribution in [0.2, 0.25) is 0 Å². The van der Waals surface area contributed by atoms with E-state index in [1.54, 1.807) is 19.1 Å². The Morgan fingerprint density at radius 1 is 0.737 bits per heavy atom. The van der Waals surface area contributed by atoms with E-state index in [0.29, 0.717) is 36.9 Å². The van der Waals surface area contributed by atoms with E-state index in [1.165, 1.54) is 56.9 Å². The van der Waals surface area contributed by atoms with Crippen molar-refractivity contribution in [2.75, 3.05) is 13.2 Å². The lowest BCUT2D eigenvalue weighted by molar-refractivity contribution is -0.143. The van der Waals surface area contributed by atoms with Crippen LogP contribution < -0.4 is 9.47 Å². The largest absolute Gasteiger partial charge is 0.494 e. The number of benzene rings is 2. The standard InChI is InChI=1S/C33H46O5/c1-3-5-8-11-26-12-14-27(15-13-26)28-16-22-31(23-17-28)38-33(35)29-18-20-30(21-19-29)36-24-9-6-7-10-25-37-32(34)4-2/h16-23,26-27H,3-15,24-25H2,1-2H3. The lowest BCUT2D eigenvalue weighted by atomic mass is 9.77. The quantitative estimate of drug-likeness (QED) is 0.125. The summed E-state index contributed by atoms with van der Waals surface area (Å²) in [6.45, 7) is 5.18. The first kappa shape index (κ1) is 29.7. The summed E-state index contributed by atoms with van der Waals surface area (Å²) in [4.78, 5) is 23.7. The van der Waals surface area contributed by atoms with Gasteiger partial charge in [0.25, 0.3) is 0 Å². The first-order valence-electron chi connectivity index (χ1n) is 14.8. The highest BCUT2D eigenvalue weighted by Crippen LogP contribution is 2.38. The van der Waals surface area contributed by atoms with Crippen molar-refractivity contribution in [2.24, 2.45) is 5.92 Å². The Morgan fingerprint density at radius 2 is 1.39 bits per heavy atom. The van der Waals surface area contributed by atoms with E-state index in [4.69, 9.17) is 14.2 Å². The molecule has 0 amide bonds. The monoisotopic (exact) mass is 522 g/mol. The van der Waals surface area contributed by atoms with Gasteiger partial charge in [0.2, 0.25) is 0 Å². The molecule has 0 saturated heterocycles. The van der Waals surface area contributed by atoms with Crippen LogP contribution in [0.5, 0.6) is 11.5 Å². The van der Waals surface area contributed by atoms with E-state index in [0.717, 1.165) is 37.4 Å². The molecule has 2 aromatic carbocycles. The molecule has 0 atom stereocenters. The number of carbonyl (C=O) groups excluding carboxylic acids is 2. The molecule has 0 heterocycles. The van der Waals surface area contributed by atoms with E-state index in [1.807, 2.05) is 24.3 Å². The second kappa shape index (κ2) is 16.9. The Morgan fingerprint density at radius 3 is 2.05 bits per heavy atom. The summed E-state index contributed by atoms with van der Waals surface area (Å²) in [6.07, 6.45) is 14.9. The summed E-state index contributed by atoms with van der Waals surface area (Å²) in [6, 6.07) is 15.2. The van der Waals surface area contributed by atoms with Crippen LogP contribution in [0.1, 0.15) is 119 Å². The molecule has 208 valence electrons. The van der Waals surface area contributed by atoms with Crippen LogP contribution in [0, 0.1) is 5.92 Å². The Labute approximate surface area is 229 Å². The van der Waals surface area contributed by atoms with Crippen molar-refractivity contribution in [3.8, 4) is 11.5 Å². The molecular weight excluding hydrogens is 476 g/mol. The summed E-state index contributed by atoms with van der Waals surface area (Å²) < 4.78 is 16.5. The average Bonchev–Trinajstić information content (AvgIpc) is 2.95. The van der Waals surface area contributed by atoms with E-state index >= 15 is 0 Å². The van der Waals surface area contributed by atoms with Crippen LogP contribution in [-0.2, 0) is 9.53 Å². The summed E-state index contributed by atoms with van der Waals surface area (Å²) in [5, 5.41) is 0. The van der Waals surface area contributed by atoms with E-state index < -0.39 is 0 Å². The molecule has 1 aliphatic rings. The second-order valence-electron chi connectivity index (χ2n) is 10.5. The van der Waals surface area contributed by atoms with Crippen molar-refractivity contribution in [3.63, 3.8) is 0 Å². The van der Waals surface area contributed by atoms with E-state index in [2.05, 4.69) is 19.1 Å². The van der Waals surface area contributed by atoms with Gasteiger partial charge in [-0.2, -0.15) is 0 Å². The molecule has 0 unspecified atom stereocenters. The number of hydrogen-bond donors (Lipinski definition) is 0. The van der Waals surface area contributed by atoms with Gasteiger partial charge in [0.05, 0.1) is 18.8 Å². The van der Waals surface area contributed by atoms with Crippen LogP contribution in [0.3, 0.4) is 0 Å². The zero-order valence-corrected chi connectivity index (χ0v) is 23.4. The van der Waals surface area contributed by atoms with Gasteiger partial charge in [-0.1, -0.05) is 51.7 Å². The number of ether oxygens (including phenoxy) is 3. The molecule has 1 aliphatic carbocycles. The smallest absolute Gasteiger partial charge is 0.343 e. The lowest BCUT2D eigenvalue weighted by Crippen LogP contribution is -2.13. The van der Waals surface area contributed by atoms with Crippen molar-refractivity contribution < 1.29 is 23.8 Å². The Hall–Kier alpha value is -2.82. The van der Waals surface area contributed by atoms with Gasteiger partial charge in [-0.25, -0.2) is 4.79 Å². The first-order valence-corrected chi connectivity index (χ1v) is 14.8. The lowest BCUT2D eigenvalue weighted by Gasteiger charge is -2.29. The van der Waals surface area contributed by atoms with Gasteiger partial charge in [-0.15, -0.1) is 0 Å². The molecule has 5 nitrogen and oxygen atoms in total. The molecule has 5 heteroatoms. The van der Waals surface area contributed by atoms with Gasteiger partial charge < -0.3 is 14.2 Å². The van der Waals surface area contributed by atoms with Crippen molar-refractivity contribution in [1.29, 1.82) is 0 Å². The van der Waals surface area contributed by atoms with Crippen molar-refractivity contribution in [1.82, 2.24) is 0 Å². The maximum absolute atomic E-state index is 12.6.